The van der Waals surface area contributed by atoms with Gasteiger partial charge in [-0.3, -0.25) is 14.7 Å². The third kappa shape index (κ3) is 7.36. The lowest BCUT2D eigenvalue weighted by atomic mass is 10.0. The number of carbonyl (C=O) groups is 1. The van der Waals surface area contributed by atoms with Gasteiger partial charge in [0.25, 0.3) is 0 Å². The van der Waals surface area contributed by atoms with Gasteiger partial charge in [0.15, 0.2) is 5.96 Å². The van der Waals surface area contributed by atoms with Gasteiger partial charge in [0.1, 0.15) is 11.6 Å². The number of piperazine rings is 1. The van der Waals surface area contributed by atoms with E-state index < -0.39 is 11.6 Å². The number of benzene rings is 1. The van der Waals surface area contributed by atoms with E-state index in [0.29, 0.717) is 18.1 Å². The predicted molar refractivity (Wildman–Crippen MR) is 123 cm³/mol. The minimum atomic E-state index is -0.557. The third-order valence-electron chi connectivity index (χ3n) is 4.95. The molecule has 1 heterocycles. The van der Waals surface area contributed by atoms with Gasteiger partial charge < -0.3 is 15.5 Å². The van der Waals surface area contributed by atoms with Crippen molar-refractivity contribution in [1.29, 1.82) is 0 Å². The van der Waals surface area contributed by atoms with Crippen LogP contribution in [0.1, 0.15) is 38.3 Å². The van der Waals surface area contributed by atoms with E-state index in [1.54, 1.807) is 13.1 Å². The lowest BCUT2D eigenvalue weighted by Gasteiger charge is -2.40. The maximum absolute atomic E-state index is 14.2. The van der Waals surface area contributed by atoms with Gasteiger partial charge >= 0.3 is 0 Å². The van der Waals surface area contributed by atoms with Crippen LogP contribution in [-0.4, -0.2) is 68.0 Å². The van der Waals surface area contributed by atoms with Gasteiger partial charge in [-0.15, -0.1) is 24.0 Å². The van der Waals surface area contributed by atoms with Crippen LogP contribution in [0.15, 0.2) is 23.2 Å². The largest absolute Gasteiger partial charge is 0.355 e. The zero-order chi connectivity index (χ0) is 20.5. The second kappa shape index (κ2) is 12.9. The number of amides is 1. The molecule has 0 radical (unpaired) electrons. The van der Waals surface area contributed by atoms with Crippen LogP contribution in [0.4, 0.5) is 8.78 Å². The van der Waals surface area contributed by atoms with Crippen LogP contribution in [0.25, 0.3) is 0 Å². The van der Waals surface area contributed by atoms with Crippen molar-refractivity contribution in [2.24, 2.45) is 4.99 Å². The van der Waals surface area contributed by atoms with E-state index in [4.69, 9.17) is 0 Å². The Labute approximate surface area is 189 Å². The molecule has 0 aromatic heterocycles. The highest BCUT2D eigenvalue weighted by molar-refractivity contribution is 14.0. The molecule has 1 aromatic rings. The van der Waals surface area contributed by atoms with Crippen molar-refractivity contribution in [3.8, 4) is 0 Å². The Hall–Kier alpha value is -1.49. The first-order valence-electron chi connectivity index (χ1n) is 9.91. The number of halogens is 3. The fraction of sp³-hybridized carbons (Fsp3) is 0.600. The number of rotatable bonds is 7. The first-order chi connectivity index (χ1) is 13.5. The van der Waals surface area contributed by atoms with E-state index in [9.17, 15) is 13.6 Å². The van der Waals surface area contributed by atoms with Crippen molar-refractivity contribution in [3.63, 3.8) is 0 Å². The molecule has 1 aliphatic rings. The molecule has 1 aromatic carbocycles. The van der Waals surface area contributed by atoms with Crippen molar-refractivity contribution in [3.05, 3.63) is 35.4 Å². The van der Waals surface area contributed by atoms with Gasteiger partial charge in [0.2, 0.25) is 5.91 Å². The molecule has 2 rings (SSSR count). The Kier molecular flexibility index (Phi) is 11.4. The van der Waals surface area contributed by atoms with Crippen LogP contribution in [0.5, 0.6) is 0 Å². The zero-order valence-electron chi connectivity index (χ0n) is 17.4. The molecule has 29 heavy (non-hydrogen) atoms. The van der Waals surface area contributed by atoms with E-state index >= 15 is 0 Å². The molecule has 1 saturated heterocycles. The van der Waals surface area contributed by atoms with Gasteiger partial charge in [-0.25, -0.2) is 8.78 Å². The van der Waals surface area contributed by atoms with Crippen molar-refractivity contribution in [1.82, 2.24) is 20.4 Å². The third-order valence-corrected chi connectivity index (χ3v) is 4.95. The molecule has 1 atom stereocenters. The van der Waals surface area contributed by atoms with E-state index in [1.807, 2.05) is 13.8 Å². The predicted octanol–water partition coefficient (Wildman–Crippen LogP) is 2.75. The van der Waals surface area contributed by atoms with Crippen LogP contribution in [0.3, 0.4) is 0 Å². The molecule has 0 spiro atoms. The Bertz CT molecular complexity index is 681. The Balaban J connectivity index is 0.00000420. The standard InChI is InChI=1S/C20H31F2N5O.HI/c1-4-8-24-19(28)14-25-20(23-3)27-11-9-26(10-12-27)18(5-2)16-7-6-15(21)13-17(16)22;/h6-7,13,18H,4-5,8-12,14H2,1-3H3,(H,23,25)(H,24,28);1H. The average molecular weight is 523 g/mol. The number of carbonyl (C=O) groups excluding carboxylic acids is 1. The number of guanidine groups is 1. The maximum Gasteiger partial charge on any atom is 0.239 e. The monoisotopic (exact) mass is 523 g/mol. The highest BCUT2D eigenvalue weighted by atomic mass is 127. The summed E-state index contributed by atoms with van der Waals surface area (Å²) in [4.78, 5) is 20.4. The summed E-state index contributed by atoms with van der Waals surface area (Å²) >= 11 is 0. The number of nitrogens with zero attached hydrogens (tertiary/aromatic N) is 3. The molecule has 1 aliphatic heterocycles. The number of aliphatic imine (C=N–C) groups is 1. The van der Waals surface area contributed by atoms with Crippen LogP contribution in [0.2, 0.25) is 0 Å². The van der Waals surface area contributed by atoms with Gasteiger partial charge in [-0.2, -0.15) is 0 Å². The molecular weight excluding hydrogens is 491 g/mol. The summed E-state index contributed by atoms with van der Waals surface area (Å²) in [5.74, 6) is -0.421. The number of hydrogen-bond acceptors (Lipinski definition) is 3. The SMILES string of the molecule is CCCNC(=O)CNC(=NC)N1CCN(C(CC)c2ccc(F)cc2F)CC1.I. The fourth-order valence-electron chi connectivity index (χ4n) is 3.51. The lowest BCUT2D eigenvalue weighted by molar-refractivity contribution is -0.120. The fourth-order valence-corrected chi connectivity index (χ4v) is 3.51. The molecular formula is C20H32F2IN5O. The van der Waals surface area contributed by atoms with E-state index in [-0.39, 0.29) is 42.5 Å². The molecule has 0 saturated carbocycles. The normalized spacial score (nSPS) is 16.2. The lowest BCUT2D eigenvalue weighted by Crippen LogP contribution is -2.54. The molecule has 1 amide bonds. The summed E-state index contributed by atoms with van der Waals surface area (Å²) in [7, 11) is 1.70. The highest BCUT2D eigenvalue weighted by Crippen LogP contribution is 2.28. The summed E-state index contributed by atoms with van der Waals surface area (Å²) in [6.07, 6.45) is 1.64. The van der Waals surface area contributed by atoms with Gasteiger partial charge in [0, 0.05) is 57.4 Å². The first-order valence-corrected chi connectivity index (χ1v) is 9.91. The summed E-state index contributed by atoms with van der Waals surface area (Å²) in [5.41, 5.74) is 0.535. The molecule has 9 heteroatoms. The minimum absolute atomic E-state index is 0. The van der Waals surface area contributed by atoms with E-state index in [0.717, 1.165) is 45.1 Å². The van der Waals surface area contributed by atoms with Gasteiger partial charge in [-0.1, -0.05) is 19.9 Å². The molecule has 1 unspecified atom stereocenters. The molecule has 2 N–H and O–H groups in total. The maximum atomic E-state index is 14.2. The summed E-state index contributed by atoms with van der Waals surface area (Å²) < 4.78 is 27.4. The van der Waals surface area contributed by atoms with Crippen LogP contribution in [0, 0.1) is 11.6 Å². The smallest absolute Gasteiger partial charge is 0.239 e. The summed E-state index contributed by atoms with van der Waals surface area (Å²) in [5, 5.41) is 5.92. The topological polar surface area (TPSA) is 60.0 Å². The van der Waals surface area contributed by atoms with Gasteiger partial charge in [-0.05, 0) is 18.9 Å². The van der Waals surface area contributed by atoms with Crippen molar-refractivity contribution >= 4 is 35.8 Å². The minimum Gasteiger partial charge on any atom is -0.355 e. The Morgan fingerprint density at radius 1 is 1.17 bits per heavy atom. The van der Waals surface area contributed by atoms with Crippen molar-refractivity contribution < 1.29 is 13.6 Å². The first kappa shape index (κ1) is 25.5. The Morgan fingerprint density at radius 3 is 2.41 bits per heavy atom. The zero-order valence-corrected chi connectivity index (χ0v) is 19.7. The van der Waals surface area contributed by atoms with Gasteiger partial charge in [0.05, 0.1) is 6.54 Å². The van der Waals surface area contributed by atoms with Crippen LogP contribution < -0.4 is 10.6 Å². The average Bonchev–Trinajstić information content (AvgIpc) is 2.70. The second-order valence-corrected chi connectivity index (χ2v) is 6.86. The summed E-state index contributed by atoms with van der Waals surface area (Å²) in [6.45, 7) is 7.77. The van der Waals surface area contributed by atoms with Crippen LogP contribution >= 0.6 is 24.0 Å². The van der Waals surface area contributed by atoms with Crippen molar-refractivity contribution in [2.45, 2.75) is 32.7 Å². The highest BCUT2D eigenvalue weighted by Gasteiger charge is 2.27. The van der Waals surface area contributed by atoms with E-state index in [1.165, 1.54) is 6.07 Å². The molecule has 1 fully saturated rings. The second-order valence-electron chi connectivity index (χ2n) is 6.86. The molecule has 0 aliphatic carbocycles. The molecule has 6 nitrogen and oxygen atoms in total. The van der Waals surface area contributed by atoms with E-state index in [2.05, 4.69) is 25.4 Å². The summed E-state index contributed by atoms with van der Waals surface area (Å²) in [6, 6.07) is 3.72. The number of nitrogens with one attached hydrogen (secondary N) is 2. The Morgan fingerprint density at radius 2 is 1.86 bits per heavy atom. The quantitative estimate of drug-likeness (QED) is 0.328. The molecule has 164 valence electrons. The number of hydrogen-bond donors (Lipinski definition) is 2. The van der Waals surface area contributed by atoms with Crippen molar-refractivity contribution in [2.75, 3.05) is 46.3 Å². The van der Waals surface area contributed by atoms with Crippen LogP contribution in [-0.2, 0) is 4.79 Å². The molecule has 0 bridgehead atoms.